The maximum absolute atomic E-state index is 12.1. The minimum absolute atomic E-state index is 0.0873. The summed E-state index contributed by atoms with van der Waals surface area (Å²) in [5.41, 5.74) is 0.130. The molecule has 0 aliphatic carbocycles. The predicted molar refractivity (Wildman–Crippen MR) is 159 cm³/mol. The van der Waals surface area contributed by atoms with Crippen LogP contribution in [0.5, 0.6) is 5.75 Å². The lowest BCUT2D eigenvalue weighted by atomic mass is 10.2. The summed E-state index contributed by atoms with van der Waals surface area (Å²) in [6.45, 7) is 2.67. The number of rotatable bonds is 14. The van der Waals surface area contributed by atoms with Gasteiger partial charge in [-0.3, -0.25) is 35.1 Å². The number of benzene rings is 1. The smallest absolute Gasteiger partial charge is 0.345 e. The van der Waals surface area contributed by atoms with Gasteiger partial charge in [0.2, 0.25) is 0 Å². The van der Waals surface area contributed by atoms with E-state index in [4.69, 9.17) is 9.15 Å². The van der Waals surface area contributed by atoms with E-state index in [0.717, 1.165) is 53.3 Å². The van der Waals surface area contributed by atoms with Gasteiger partial charge in [-0.05, 0) is 49.7 Å². The molecule has 3 aromatic rings. The first-order valence-electron chi connectivity index (χ1n) is 12.2. The first-order chi connectivity index (χ1) is 20.0. The summed E-state index contributed by atoms with van der Waals surface area (Å²) in [5.74, 6) is 2.92. The number of aromatic nitrogens is 1. The van der Waals surface area contributed by atoms with Crippen LogP contribution in [0.15, 0.2) is 59.0 Å². The van der Waals surface area contributed by atoms with Crippen molar-refractivity contribution >= 4 is 45.1 Å². The number of thiazole rings is 1. The van der Waals surface area contributed by atoms with Gasteiger partial charge in [0.25, 0.3) is 12.1 Å². The molecule has 17 heteroatoms. The molecule has 0 aliphatic heterocycles. The van der Waals surface area contributed by atoms with E-state index in [-0.39, 0.29) is 21.4 Å². The number of nitrogens with one attached hydrogen (secondary N) is 3. The van der Waals surface area contributed by atoms with Crippen molar-refractivity contribution in [2.45, 2.75) is 19.2 Å². The molecule has 0 atom stereocenters. The molecular formula is C25H31N7O8S2. The molecule has 3 N–H and O–H groups in total. The highest BCUT2D eigenvalue weighted by atomic mass is 32.2. The summed E-state index contributed by atoms with van der Waals surface area (Å²) in [6, 6.07) is 10.1. The number of thioether (sulfide) groups is 1. The Labute approximate surface area is 249 Å². The molecule has 1 amide bonds. The van der Waals surface area contributed by atoms with Gasteiger partial charge in [-0.2, -0.15) is 11.8 Å². The van der Waals surface area contributed by atoms with Crippen LogP contribution in [-0.4, -0.2) is 65.0 Å². The summed E-state index contributed by atoms with van der Waals surface area (Å²) in [7, 11) is 5.64. The first kappa shape index (κ1) is 33.7. The van der Waals surface area contributed by atoms with Crippen LogP contribution >= 0.6 is 23.1 Å². The molecule has 0 aliphatic rings. The van der Waals surface area contributed by atoms with Gasteiger partial charge < -0.3 is 24.7 Å². The Morgan fingerprint density at radius 2 is 1.88 bits per heavy atom. The van der Waals surface area contributed by atoms with E-state index in [0.29, 0.717) is 12.4 Å². The molecule has 0 bridgehead atoms. The standard InChI is InChI=1S/C13H22N4O3S.C12H9N3O5S/c1-14-13(9-17(18)19)15-6-7-21-10-12-5-4-11(20-12)8-16(2)3;1-7(16)20-9-5-3-2-4-8(9)11(17)14-12-13-6-10(21-12)15(18)19/h4-5,9,14-15H,6-8,10H2,1-3H3;2-6H,1H3,(H,13,14,17)/b13-9-;. The van der Waals surface area contributed by atoms with Gasteiger partial charge in [-0.1, -0.05) is 12.1 Å². The fraction of sp³-hybridized carbons (Fsp3) is 0.320. The zero-order valence-corrected chi connectivity index (χ0v) is 25.0. The van der Waals surface area contributed by atoms with Crippen LogP contribution in [0.1, 0.15) is 28.8 Å². The molecule has 226 valence electrons. The number of carbonyl (C=O) groups excluding carboxylic acids is 2. The Morgan fingerprint density at radius 1 is 1.17 bits per heavy atom. The number of furan rings is 1. The molecule has 0 saturated heterocycles. The molecule has 0 spiro atoms. The highest BCUT2D eigenvalue weighted by molar-refractivity contribution is 7.98. The number of para-hydroxylation sites is 1. The van der Waals surface area contributed by atoms with Gasteiger partial charge in [0, 0.05) is 26.3 Å². The number of hydrogen-bond donors (Lipinski definition) is 3. The number of carbonyl (C=O) groups is 2. The number of nitro groups is 2. The third-order valence-corrected chi connectivity index (χ3v) is 6.62. The highest BCUT2D eigenvalue weighted by Gasteiger charge is 2.17. The molecule has 42 heavy (non-hydrogen) atoms. The number of esters is 1. The summed E-state index contributed by atoms with van der Waals surface area (Å²) in [5, 5.41) is 28.9. The second kappa shape index (κ2) is 17.4. The monoisotopic (exact) mass is 621 g/mol. The third-order valence-electron chi connectivity index (χ3n) is 4.78. The molecular weight excluding hydrogens is 590 g/mol. The van der Waals surface area contributed by atoms with E-state index in [1.54, 1.807) is 30.9 Å². The highest BCUT2D eigenvalue weighted by Crippen LogP contribution is 2.26. The maximum Gasteiger partial charge on any atom is 0.345 e. The van der Waals surface area contributed by atoms with Crippen molar-refractivity contribution in [3.05, 3.63) is 91.9 Å². The molecule has 0 saturated carbocycles. The number of nitrogens with zero attached hydrogens (tertiary/aromatic N) is 4. The first-order valence-corrected chi connectivity index (χ1v) is 14.2. The van der Waals surface area contributed by atoms with Gasteiger partial charge in [-0.25, -0.2) is 4.98 Å². The van der Waals surface area contributed by atoms with Crippen LogP contribution in [0.4, 0.5) is 10.1 Å². The minimum atomic E-state index is -0.597. The van der Waals surface area contributed by atoms with Crippen LogP contribution < -0.4 is 20.7 Å². The lowest BCUT2D eigenvalue weighted by molar-refractivity contribution is -0.404. The van der Waals surface area contributed by atoms with Crippen molar-refractivity contribution in [2.24, 2.45) is 0 Å². The SMILES string of the molecule is CC(=O)Oc1ccccc1C(=O)Nc1ncc([N+](=O)[O-])s1.CN/C(=C/[N+](=O)[O-])NCCSCc1ccc(CN(C)C)o1. The van der Waals surface area contributed by atoms with E-state index in [9.17, 15) is 29.8 Å². The molecule has 1 aromatic carbocycles. The second-order valence-corrected chi connectivity index (χ2v) is 10.6. The normalized spacial score (nSPS) is 10.8. The molecule has 0 radical (unpaired) electrons. The van der Waals surface area contributed by atoms with Crippen LogP contribution in [0, 0.1) is 20.2 Å². The van der Waals surface area contributed by atoms with Crippen molar-refractivity contribution in [1.82, 2.24) is 20.5 Å². The quantitative estimate of drug-likeness (QED) is 0.0776. The van der Waals surface area contributed by atoms with Gasteiger partial charge in [0.05, 0.1) is 27.7 Å². The zero-order valence-electron chi connectivity index (χ0n) is 23.3. The number of ether oxygens (including phenoxy) is 1. The van der Waals surface area contributed by atoms with Crippen molar-refractivity contribution in [1.29, 1.82) is 0 Å². The van der Waals surface area contributed by atoms with Crippen molar-refractivity contribution in [3.8, 4) is 5.75 Å². The maximum atomic E-state index is 12.1. The summed E-state index contributed by atoms with van der Waals surface area (Å²) in [4.78, 5) is 48.7. The van der Waals surface area contributed by atoms with E-state index in [1.165, 1.54) is 19.1 Å². The molecule has 2 heterocycles. The Kier molecular flexibility index (Phi) is 13.9. The number of amides is 1. The lowest BCUT2D eigenvalue weighted by Gasteiger charge is -2.07. The van der Waals surface area contributed by atoms with Gasteiger partial charge in [0.1, 0.15) is 23.5 Å². The summed E-state index contributed by atoms with van der Waals surface area (Å²) in [6.07, 6.45) is 1.98. The molecule has 15 nitrogen and oxygen atoms in total. The van der Waals surface area contributed by atoms with Crippen LogP contribution in [0.25, 0.3) is 0 Å². The van der Waals surface area contributed by atoms with Gasteiger partial charge >= 0.3 is 11.0 Å². The molecule has 0 fully saturated rings. The number of hydrogen-bond acceptors (Lipinski definition) is 14. The average Bonchev–Trinajstić information content (AvgIpc) is 3.57. The van der Waals surface area contributed by atoms with Crippen molar-refractivity contribution in [2.75, 3.05) is 38.8 Å². The Bertz CT molecular complexity index is 1390. The summed E-state index contributed by atoms with van der Waals surface area (Å²) < 4.78 is 10.6. The summed E-state index contributed by atoms with van der Waals surface area (Å²) >= 11 is 2.45. The Hall–Kier alpha value is -4.48. The van der Waals surface area contributed by atoms with Crippen molar-refractivity contribution < 1.29 is 28.6 Å². The number of anilines is 1. The third kappa shape index (κ3) is 12.4. The van der Waals surface area contributed by atoms with Crippen LogP contribution in [-0.2, 0) is 17.1 Å². The zero-order chi connectivity index (χ0) is 31.1. The largest absolute Gasteiger partial charge is 0.464 e. The minimum Gasteiger partial charge on any atom is -0.464 e. The van der Waals surface area contributed by atoms with Crippen LogP contribution in [0.2, 0.25) is 0 Å². The van der Waals surface area contributed by atoms with E-state index < -0.39 is 21.7 Å². The predicted octanol–water partition coefficient (Wildman–Crippen LogP) is 3.69. The molecule has 0 unspecified atom stereocenters. The molecule has 3 rings (SSSR count). The topological polar surface area (TPSA) is 195 Å². The fourth-order valence-corrected chi connectivity index (χ4v) is 4.48. The van der Waals surface area contributed by atoms with Crippen molar-refractivity contribution in [3.63, 3.8) is 0 Å². The van der Waals surface area contributed by atoms with E-state index >= 15 is 0 Å². The average molecular weight is 622 g/mol. The van der Waals surface area contributed by atoms with Gasteiger partial charge in [0.15, 0.2) is 11.0 Å². The lowest BCUT2D eigenvalue weighted by Crippen LogP contribution is -2.26. The Balaban J connectivity index is 0.000000293. The van der Waals surface area contributed by atoms with Crippen LogP contribution in [0.3, 0.4) is 0 Å². The second-order valence-electron chi connectivity index (χ2n) is 8.47. The van der Waals surface area contributed by atoms with E-state index in [1.807, 2.05) is 26.2 Å². The fourth-order valence-electron chi connectivity index (χ4n) is 3.10. The van der Waals surface area contributed by atoms with E-state index in [2.05, 4.69) is 25.8 Å². The van der Waals surface area contributed by atoms with Gasteiger partial charge in [-0.15, -0.1) is 0 Å². The molecule has 2 aromatic heterocycles. The Morgan fingerprint density at radius 3 is 2.50 bits per heavy atom.